The molecule has 0 heterocycles. The molecular weight excluding hydrogens is 322 g/mol. The summed E-state index contributed by atoms with van der Waals surface area (Å²) in [5.41, 5.74) is 0. The summed E-state index contributed by atoms with van der Waals surface area (Å²) in [6.07, 6.45) is 0. The molecule has 0 bridgehead atoms. The van der Waals surface area contributed by atoms with Crippen LogP contribution in [0.1, 0.15) is 0 Å². The number of aliphatic carboxylic acids is 2. The minimum atomic E-state index is -2.19. The van der Waals surface area contributed by atoms with Crippen LogP contribution < -0.4 is 10.2 Å². The molecule has 0 atom stereocenters. The Balaban J connectivity index is -0.000000125. The standard InChI is InChI=1S/C2H2O4.K.Pt/c3-1(4)2(5)6;;/h(H,3,4)(H,5,6);;/q;;+2/p-2. The van der Waals surface area contributed by atoms with Crippen molar-refractivity contribution < 1.29 is 40.9 Å². The van der Waals surface area contributed by atoms with Crippen molar-refractivity contribution in [3.63, 3.8) is 0 Å². The number of carboxylic acids is 2. The Labute approximate surface area is 102 Å². The topological polar surface area (TPSA) is 80.3 Å². The fraction of sp³-hybridized carbons (Fsp3) is 0. The molecule has 0 aromatic heterocycles. The first kappa shape index (κ1) is 16.1. The molecule has 0 aliphatic carbocycles. The molecule has 1 radical (unpaired) electrons. The van der Waals surface area contributed by atoms with Crippen LogP contribution in [0.5, 0.6) is 0 Å². The Morgan fingerprint density at radius 1 is 1.00 bits per heavy atom. The molecule has 8 heavy (non-hydrogen) atoms. The van der Waals surface area contributed by atoms with Gasteiger partial charge < -0.3 is 19.8 Å². The maximum Gasteiger partial charge on any atom is 2.00 e. The normalized spacial score (nSPS) is 5.50. The first-order valence-electron chi connectivity index (χ1n) is 1.07. The number of rotatable bonds is 0. The predicted molar refractivity (Wildman–Crippen MR) is 15.8 cm³/mol. The van der Waals surface area contributed by atoms with Crippen molar-refractivity contribution in [3.05, 3.63) is 0 Å². The summed E-state index contributed by atoms with van der Waals surface area (Å²) < 4.78 is 0. The van der Waals surface area contributed by atoms with Crippen LogP contribution in [0.4, 0.5) is 0 Å². The Kier molecular flexibility index (Phi) is 16.7. The second kappa shape index (κ2) is 8.26. The van der Waals surface area contributed by atoms with Crippen molar-refractivity contribution in [2.75, 3.05) is 0 Å². The van der Waals surface area contributed by atoms with Crippen molar-refractivity contribution in [1.29, 1.82) is 0 Å². The van der Waals surface area contributed by atoms with Gasteiger partial charge in [0.05, 0.1) is 11.9 Å². The fourth-order valence-corrected chi connectivity index (χ4v) is 0. The van der Waals surface area contributed by atoms with Gasteiger partial charge in [-0.1, -0.05) is 0 Å². The first-order chi connectivity index (χ1) is 2.64. The minimum absolute atomic E-state index is 0. The van der Waals surface area contributed by atoms with E-state index in [0.717, 1.165) is 0 Å². The summed E-state index contributed by atoms with van der Waals surface area (Å²) in [6.45, 7) is 0. The van der Waals surface area contributed by atoms with E-state index < -0.39 is 11.9 Å². The zero-order valence-electron chi connectivity index (χ0n) is 3.95. The average molecular weight is 322 g/mol. The van der Waals surface area contributed by atoms with Gasteiger partial charge in [-0.3, -0.25) is 0 Å². The number of carbonyl (C=O) groups excluding carboxylic acids is 2. The zero-order valence-corrected chi connectivity index (χ0v) is 9.34. The molecule has 0 aromatic carbocycles. The Morgan fingerprint density at radius 3 is 1.12 bits per heavy atom. The molecule has 0 amide bonds. The SMILES string of the molecule is O=C([O-])C(=O)[O-].[K].[Pt+2]. The molecule has 4 nitrogen and oxygen atoms in total. The van der Waals surface area contributed by atoms with E-state index in [1.807, 2.05) is 0 Å². The molecule has 43 valence electrons. The van der Waals surface area contributed by atoms with Crippen LogP contribution in [-0.4, -0.2) is 63.3 Å². The third-order valence-electron chi connectivity index (χ3n) is 0.167. The first-order valence-corrected chi connectivity index (χ1v) is 1.07. The summed E-state index contributed by atoms with van der Waals surface area (Å²) in [6, 6.07) is 0. The fourth-order valence-electron chi connectivity index (χ4n) is 0. The van der Waals surface area contributed by atoms with E-state index in [-0.39, 0.29) is 72.4 Å². The van der Waals surface area contributed by atoms with Crippen LogP contribution in [0.15, 0.2) is 0 Å². The molecule has 0 aromatic rings. The van der Waals surface area contributed by atoms with Gasteiger partial charge in [0.15, 0.2) is 0 Å². The quantitative estimate of drug-likeness (QED) is 0.337. The van der Waals surface area contributed by atoms with Gasteiger partial charge >= 0.3 is 21.1 Å². The third-order valence-corrected chi connectivity index (χ3v) is 0.167. The minimum Gasteiger partial charge on any atom is -0.543 e. The van der Waals surface area contributed by atoms with Crippen LogP contribution in [0.25, 0.3) is 0 Å². The number of carboxylic acid groups (broad SMARTS) is 2. The molecule has 0 aliphatic heterocycles. The molecule has 0 fully saturated rings. The monoisotopic (exact) mass is 322 g/mol. The number of hydrogen-bond acceptors (Lipinski definition) is 4. The molecule has 0 spiro atoms. The van der Waals surface area contributed by atoms with Gasteiger partial charge in [-0.15, -0.1) is 0 Å². The van der Waals surface area contributed by atoms with Crippen molar-refractivity contribution in [3.8, 4) is 0 Å². The Hall–Kier alpha value is 1.26. The smallest absolute Gasteiger partial charge is 0.543 e. The van der Waals surface area contributed by atoms with Gasteiger partial charge in [0.25, 0.3) is 0 Å². The van der Waals surface area contributed by atoms with E-state index in [2.05, 4.69) is 0 Å². The second-order valence-electron chi connectivity index (χ2n) is 0.575. The van der Waals surface area contributed by atoms with Gasteiger partial charge in [-0.2, -0.15) is 0 Å². The summed E-state index contributed by atoms with van der Waals surface area (Å²) in [7, 11) is 0. The van der Waals surface area contributed by atoms with E-state index in [0.29, 0.717) is 0 Å². The maximum atomic E-state index is 8.93. The summed E-state index contributed by atoms with van der Waals surface area (Å²) >= 11 is 0. The number of carbonyl (C=O) groups is 2. The molecule has 0 saturated heterocycles. The summed E-state index contributed by atoms with van der Waals surface area (Å²) in [4.78, 5) is 17.9. The largest absolute Gasteiger partial charge is 2.00 e. The summed E-state index contributed by atoms with van der Waals surface area (Å²) in [5, 5.41) is 17.9. The van der Waals surface area contributed by atoms with E-state index in [1.54, 1.807) is 0 Å². The van der Waals surface area contributed by atoms with Crippen LogP contribution in [-0.2, 0) is 30.7 Å². The van der Waals surface area contributed by atoms with Crippen LogP contribution in [0.2, 0.25) is 0 Å². The Morgan fingerprint density at radius 2 is 1.12 bits per heavy atom. The van der Waals surface area contributed by atoms with Gasteiger partial charge in [0.2, 0.25) is 0 Å². The van der Waals surface area contributed by atoms with Crippen molar-refractivity contribution in [1.82, 2.24) is 0 Å². The van der Waals surface area contributed by atoms with Gasteiger partial charge in [0, 0.05) is 51.4 Å². The molecule has 0 unspecified atom stereocenters. The third kappa shape index (κ3) is 10.3. The van der Waals surface area contributed by atoms with Gasteiger partial charge in [0.1, 0.15) is 0 Å². The van der Waals surface area contributed by atoms with E-state index in [1.165, 1.54) is 0 Å². The van der Waals surface area contributed by atoms with E-state index in [4.69, 9.17) is 19.8 Å². The van der Waals surface area contributed by atoms with Gasteiger partial charge in [-0.05, 0) is 0 Å². The maximum absolute atomic E-state index is 8.93. The molecule has 0 aliphatic rings. The van der Waals surface area contributed by atoms with Crippen LogP contribution in [0.3, 0.4) is 0 Å². The Bertz CT molecular complexity index is 80.0. The molecular formula is C2KO4Pt. The molecule has 0 rings (SSSR count). The van der Waals surface area contributed by atoms with Gasteiger partial charge in [-0.25, -0.2) is 0 Å². The number of hydrogen-bond donors (Lipinski definition) is 0. The van der Waals surface area contributed by atoms with Crippen LogP contribution >= 0.6 is 0 Å². The van der Waals surface area contributed by atoms with Crippen molar-refractivity contribution in [2.24, 2.45) is 0 Å². The summed E-state index contributed by atoms with van der Waals surface area (Å²) in [5.74, 6) is -4.37. The van der Waals surface area contributed by atoms with Crippen molar-refractivity contribution in [2.45, 2.75) is 0 Å². The predicted octanol–water partition coefficient (Wildman–Crippen LogP) is -3.90. The van der Waals surface area contributed by atoms with E-state index >= 15 is 0 Å². The molecule has 6 heteroatoms. The zero-order chi connectivity index (χ0) is 5.15. The molecule has 0 N–H and O–H groups in total. The second-order valence-corrected chi connectivity index (χ2v) is 0.575. The molecule has 0 saturated carbocycles. The van der Waals surface area contributed by atoms with Crippen LogP contribution in [0, 0.1) is 0 Å². The average Bonchev–Trinajstić information content (AvgIpc) is 1.36. The van der Waals surface area contributed by atoms with Crippen molar-refractivity contribution >= 4 is 63.3 Å². The van der Waals surface area contributed by atoms with E-state index in [9.17, 15) is 0 Å².